The number of rotatable bonds is 10. The van der Waals surface area contributed by atoms with Gasteiger partial charge in [0.25, 0.3) is 0 Å². The van der Waals surface area contributed by atoms with Crippen molar-refractivity contribution in [1.29, 1.82) is 0 Å². The smallest absolute Gasteiger partial charge is 0.0844 e. The predicted molar refractivity (Wildman–Crippen MR) is 204 cm³/mol. The summed E-state index contributed by atoms with van der Waals surface area (Å²) in [5.41, 5.74) is 0. The normalized spacial score (nSPS) is 30.0. The maximum absolute atomic E-state index is 5.42. The van der Waals surface area contributed by atoms with Gasteiger partial charge in [0.1, 0.15) is 0 Å². The first-order valence-corrected chi connectivity index (χ1v) is 20.8. The highest BCUT2D eigenvalue weighted by Crippen LogP contribution is 2.42. The van der Waals surface area contributed by atoms with Gasteiger partial charge in [-0.2, -0.15) is 0 Å². The molecule has 0 bridgehead atoms. The Bertz CT molecular complexity index is 489. The third-order valence-electron chi connectivity index (χ3n) is 10.9. The second-order valence-electron chi connectivity index (χ2n) is 15.7. The molecule has 0 radical (unpaired) electrons. The van der Waals surface area contributed by atoms with Crippen molar-refractivity contribution in [3.8, 4) is 0 Å². The van der Waals surface area contributed by atoms with E-state index >= 15 is 0 Å². The van der Waals surface area contributed by atoms with E-state index in [1.807, 2.05) is 0 Å². The molecule has 3 aliphatic carbocycles. The fourth-order valence-electron chi connectivity index (χ4n) is 6.25. The summed E-state index contributed by atoms with van der Waals surface area (Å²) in [7, 11) is 0. The summed E-state index contributed by atoms with van der Waals surface area (Å²) in [4.78, 5) is 0. The van der Waals surface area contributed by atoms with E-state index in [0.29, 0.717) is 12.2 Å². The van der Waals surface area contributed by atoms with Gasteiger partial charge in [-0.1, -0.05) is 218 Å². The van der Waals surface area contributed by atoms with Crippen molar-refractivity contribution >= 4 is 0 Å². The molecule has 1 aliphatic heterocycles. The van der Waals surface area contributed by atoms with Crippen molar-refractivity contribution in [3.63, 3.8) is 0 Å². The summed E-state index contributed by atoms with van der Waals surface area (Å²) in [5, 5.41) is 0. The van der Waals surface area contributed by atoms with Crippen LogP contribution in [-0.4, -0.2) is 12.2 Å². The average Bonchev–Trinajstić information content (AvgIpc) is 3.78. The zero-order valence-corrected chi connectivity index (χ0v) is 33.3. The second kappa shape index (κ2) is 32.9. The predicted octanol–water partition coefficient (Wildman–Crippen LogP) is 15.6. The first kappa shape index (κ1) is 46.1. The highest BCUT2D eigenvalue weighted by molar-refractivity contribution is 4.93. The quantitative estimate of drug-likeness (QED) is 0.174. The maximum atomic E-state index is 5.42. The van der Waals surface area contributed by atoms with Crippen LogP contribution in [0.1, 0.15) is 231 Å². The van der Waals surface area contributed by atoms with Crippen LogP contribution < -0.4 is 0 Å². The summed E-state index contributed by atoms with van der Waals surface area (Å²) in [6, 6.07) is 0. The minimum absolute atomic E-state index is 0.663. The monoisotopic (exact) mass is 623 g/mol. The van der Waals surface area contributed by atoms with Gasteiger partial charge in [-0.15, -0.1) is 0 Å². The lowest BCUT2D eigenvalue weighted by molar-refractivity contribution is 0.277. The summed E-state index contributed by atoms with van der Waals surface area (Å²) in [5.74, 6) is 5.84. The Morgan fingerprint density at radius 2 is 0.659 bits per heavy atom. The van der Waals surface area contributed by atoms with E-state index in [4.69, 9.17) is 4.74 Å². The van der Waals surface area contributed by atoms with Crippen molar-refractivity contribution < 1.29 is 4.74 Å². The van der Waals surface area contributed by atoms with Gasteiger partial charge in [0, 0.05) is 0 Å². The molecule has 6 atom stereocenters. The molecule has 0 aromatic carbocycles. The van der Waals surface area contributed by atoms with Crippen molar-refractivity contribution in [1.82, 2.24) is 0 Å². The Morgan fingerprint density at radius 3 is 0.932 bits per heavy atom. The minimum Gasteiger partial charge on any atom is -0.370 e. The number of hydrogen-bond donors (Lipinski definition) is 0. The Kier molecular flexibility index (Phi) is 34.4. The van der Waals surface area contributed by atoms with Gasteiger partial charge in [-0.3, -0.25) is 0 Å². The lowest BCUT2D eigenvalue weighted by atomic mass is 9.82. The van der Waals surface area contributed by atoms with Crippen molar-refractivity contribution in [2.24, 2.45) is 35.5 Å². The van der Waals surface area contributed by atoms with Crippen molar-refractivity contribution in [2.45, 2.75) is 243 Å². The van der Waals surface area contributed by atoms with E-state index in [1.54, 1.807) is 0 Å². The Balaban J connectivity index is 0. The summed E-state index contributed by atoms with van der Waals surface area (Å²) < 4.78 is 5.42. The molecule has 0 N–H and O–H groups in total. The molecular formula is C43H90O. The van der Waals surface area contributed by atoms with Gasteiger partial charge < -0.3 is 4.74 Å². The van der Waals surface area contributed by atoms with Crippen LogP contribution in [0.4, 0.5) is 0 Å². The van der Waals surface area contributed by atoms with E-state index in [9.17, 15) is 0 Å². The number of hydrogen-bond acceptors (Lipinski definition) is 1. The number of epoxide rings is 1. The third-order valence-corrected chi connectivity index (χ3v) is 10.9. The van der Waals surface area contributed by atoms with E-state index in [-0.39, 0.29) is 0 Å². The number of ether oxygens (including phenoxy) is 1. The average molecular weight is 623 g/mol. The molecule has 0 aromatic rings. The topological polar surface area (TPSA) is 12.5 Å². The molecule has 1 heterocycles. The zero-order valence-electron chi connectivity index (χ0n) is 33.3. The molecule has 1 heteroatoms. The Labute approximate surface area is 282 Å². The van der Waals surface area contributed by atoms with Gasteiger partial charge in [0.05, 0.1) is 12.2 Å². The summed E-state index contributed by atoms with van der Waals surface area (Å²) in [6.45, 7) is 27.5. The van der Waals surface area contributed by atoms with E-state index in [1.165, 1.54) is 148 Å². The first-order valence-electron chi connectivity index (χ1n) is 20.8. The van der Waals surface area contributed by atoms with Crippen LogP contribution in [0.5, 0.6) is 0 Å². The molecule has 0 aromatic heterocycles. The van der Waals surface area contributed by atoms with Gasteiger partial charge in [0.2, 0.25) is 0 Å². The van der Waals surface area contributed by atoms with E-state index in [0.717, 1.165) is 35.5 Å². The molecule has 3 saturated carbocycles. The maximum Gasteiger partial charge on any atom is 0.0844 e. The van der Waals surface area contributed by atoms with Crippen molar-refractivity contribution in [3.05, 3.63) is 0 Å². The first-order chi connectivity index (χ1) is 21.1. The molecule has 4 fully saturated rings. The van der Waals surface area contributed by atoms with E-state index in [2.05, 4.69) is 83.1 Å². The standard InChI is InChI=1S/C9H20.C8H14O.2C8H16.C6H14.C4H10/c1-3-5-7-9-8-6-4-2;1-5-3-7-8(9-7)4-6(5)2;1-7-3-5-8(2)6-4-7;1-7-5-3-4-6-8(7)2;1-3-5-6-4-2;1-3-4-2/h3-9H2,1-2H3;5-8H,3-4H2,1-2H3;2*7-8H,3-6H2,1-2H3;3-6H2,1-2H3;3-4H2,1-2H3. The summed E-state index contributed by atoms with van der Waals surface area (Å²) >= 11 is 0. The van der Waals surface area contributed by atoms with Crippen LogP contribution in [0, 0.1) is 35.5 Å². The number of fused-ring (bicyclic) bond motifs is 1. The Hall–Kier alpha value is -0.0400. The largest absolute Gasteiger partial charge is 0.370 e. The number of unbranched alkanes of at least 4 members (excludes halogenated alkanes) is 10. The molecule has 268 valence electrons. The van der Waals surface area contributed by atoms with E-state index < -0.39 is 0 Å². The molecule has 6 unspecified atom stereocenters. The molecule has 44 heavy (non-hydrogen) atoms. The van der Waals surface area contributed by atoms with Crippen LogP contribution in [0.15, 0.2) is 0 Å². The fourth-order valence-corrected chi connectivity index (χ4v) is 6.25. The van der Waals surface area contributed by atoms with Crippen LogP contribution in [0.25, 0.3) is 0 Å². The lowest BCUT2D eigenvalue weighted by Crippen LogP contribution is -2.19. The molecule has 1 nitrogen and oxygen atoms in total. The van der Waals surface area contributed by atoms with Gasteiger partial charge in [-0.05, 0) is 48.3 Å². The Morgan fingerprint density at radius 1 is 0.364 bits per heavy atom. The van der Waals surface area contributed by atoms with Crippen LogP contribution in [0.2, 0.25) is 0 Å². The highest BCUT2D eigenvalue weighted by Gasteiger charge is 2.45. The second-order valence-corrected chi connectivity index (χ2v) is 15.7. The molecule has 0 amide bonds. The van der Waals surface area contributed by atoms with Crippen LogP contribution in [0.3, 0.4) is 0 Å². The SMILES string of the molecule is CC1CC2OC2CC1C.CC1CCC(C)CC1.CC1CCCCC1C.CCCC.CCCCCC.CCCCCCCCC. The van der Waals surface area contributed by atoms with Gasteiger partial charge in [0.15, 0.2) is 0 Å². The summed E-state index contributed by atoms with van der Waals surface area (Å²) in [6.07, 6.45) is 33.9. The van der Waals surface area contributed by atoms with Crippen LogP contribution >= 0.6 is 0 Å². The molecule has 0 spiro atoms. The fraction of sp³-hybridized carbons (Fsp3) is 1.00. The molecule has 4 rings (SSSR count). The lowest BCUT2D eigenvalue weighted by Gasteiger charge is -2.24. The highest BCUT2D eigenvalue weighted by atomic mass is 16.6. The minimum atomic E-state index is 0.663. The van der Waals surface area contributed by atoms with Gasteiger partial charge >= 0.3 is 0 Å². The third kappa shape index (κ3) is 29.4. The van der Waals surface area contributed by atoms with Crippen molar-refractivity contribution in [2.75, 3.05) is 0 Å². The van der Waals surface area contributed by atoms with Gasteiger partial charge in [-0.25, -0.2) is 0 Å². The van der Waals surface area contributed by atoms with Crippen LogP contribution in [-0.2, 0) is 4.74 Å². The molecule has 4 aliphatic rings. The molecular weight excluding hydrogens is 532 g/mol. The zero-order chi connectivity index (χ0) is 33.6. The molecule has 1 saturated heterocycles.